The predicted molar refractivity (Wildman–Crippen MR) is 77.2 cm³/mol. The van der Waals surface area contributed by atoms with Crippen LogP contribution in [0.2, 0.25) is 0 Å². The van der Waals surface area contributed by atoms with E-state index in [1.54, 1.807) is 0 Å². The molecular weight excluding hydrogens is 236 g/mol. The second-order valence-corrected chi connectivity index (χ2v) is 4.97. The molecule has 0 spiro atoms. The maximum absolute atomic E-state index is 5.81. The van der Waals surface area contributed by atoms with Crippen molar-refractivity contribution in [2.75, 3.05) is 5.73 Å². The van der Waals surface area contributed by atoms with Crippen molar-refractivity contribution in [2.24, 2.45) is 0 Å². The van der Waals surface area contributed by atoms with E-state index in [0.29, 0.717) is 0 Å². The first-order chi connectivity index (χ1) is 9.29. The van der Waals surface area contributed by atoms with E-state index in [1.165, 1.54) is 18.4 Å². The van der Waals surface area contributed by atoms with Gasteiger partial charge in [0.1, 0.15) is 11.5 Å². The third-order valence-corrected chi connectivity index (χ3v) is 3.19. The Kier molecular flexibility index (Phi) is 3.38. The zero-order valence-electron chi connectivity index (χ0n) is 10.8. The highest BCUT2D eigenvalue weighted by molar-refractivity contribution is 5.43. The summed E-state index contributed by atoms with van der Waals surface area (Å²) in [5.41, 5.74) is 7.65. The molecule has 19 heavy (non-hydrogen) atoms. The first-order valence-electron chi connectivity index (χ1n) is 6.65. The van der Waals surface area contributed by atoms with Gasteiger partial charge >= 0.3 is 0 Å². The zero-order valence-corrected chi connectivity index (χ0v) is 10.8. The van der Waals surface area contributed by atoms with Crippen LogP contribution >= 0.6 is 0 Å². The van der Waals surface area contributed by atoms with E-state index in [4.69, 9.17) is 10.5 Å². The van der Waals surface area contributed by atoms with Gasteiger partial charge in [-0.2, -0.15) is 0 Å². The summed E-state index contributed by atoms with van der Waals surface area (Å²) in [5, 5.41) is 3.50. The van der Waals surface area contributed by atoms with Crippen molar-refractivity contribution in [1.82, 2.24) is 5.32 Å². The molecular formula is C16H18N2O. The summed E-state index contributed by atoms with van der Waals surface area (Å²) in [4.78, 5) is 0. The summed E-state index contributed by atoms with van der Waals surface area (Å²) < 4.78 is 5.81. The van der Waals surface area contributed by atoms with Gasteiger partial charge in [0, 0.05) is 18.3 Å². The van der Waals surface area contributed by atoms with Crippen LogP contribution < -0.4 is 15.8 Å². The van der Waals surface area contributed by atoms with Crippen LogP contribution in [-0.4, -0.2) is 6.04 Å². The lowest BCUT2D eigenvalue weighted by Crippen LogP contribution is -2.15. The van der Waals surface area contributed by atoms with Crippen LogP contribution in [0, 0.1) is 0 Å². The molecule has 1 aliphatic rings. The van der Waals surface area contributed by atoms with Crippen molar-refractivity contribution < 1.29 is 4.74 Å². The number of nitrogen functional groups attached to an aromatic ring is 1. The Balaban J connectivity index is 1.66. The van der Waals surface area contributed by atoms with Gasteiger partial charge in [-0.3, -0.25) is 0 Å². The van der Waals surface area contributed by atoms with Gasteiger partial charge in [0.2, 0.25) is 0 Å². The van der Waals surface area contributed by atoms with Gasteiger partial charge < -0.3 is 15.8 Å². The van der Waals surface area contributed by atoms with Crippen LogP contribution in [0.1, 0.15) is 18.4 Å². The number of nitrogens with one attached hydrogen (secondary N) is 1. The Bertz CT molecular complexity index is 547. The fraction of sp³-hybridized carbons (Fsp3) is 0.250. The largest absolute Gasteiger partial charge is 0.457 e. The first kappa shape index (κ1) is 12.1. The van der Waals surface area contributed by atoms with Crippen molar-refractivity contribution in [2.45, 2.75) is 25.4 Å². The number of ether oxygens (including phenoxy) is 1. The molecule has 0 aliphatic heterocycles. The summed E-state index contributed by atoms with van der Waals surface area (Å²) in [5.74, 6) is 1.67. The molecule has 2 aromatic carbocycles. The fourth-order valence-corrected chi connectivity index (χ4v) is 1.94. The molecule has 0 unspecified atom stereocenters. The number of nitrogens with two attached hydrogens (primary N) is 1. The molecule has 1 fully saturated rings. The van der Waals surface area contributed by atoms with E-state index in [1.807, 2.05) is 36.4 Å². The lowest BCUT2D eigenvalue weighted by Gasteiger charge is -2.08. The molecule has 0 heterocycles. The van der Waals surface area contributed by atoms with Crippen molar-refractivity contribution in [3.8, 4) is 11.5 Å². The van der Waals surface area contributed by atoms with Crippen LogP contribution in [-0.2, 0) is 6.54 Å². The predicted octanol–water partition coefficient (Wildman–Crippen LogP) is 3.31. The molecule has 0 saturated heterocycles. The molecule has 3 rings (SSSR count). The van der Waals surface area contributed by atoms with Gasteiger partial charge in [-0.15, -0.1) is 0 Å². The molecule has 0 radical (unpaired) electrons. The van der Waals surface area contributed by atoms with Crippen molar-refractivity contribution >= 4 is 5.69 Å². The molecule has 1 saturated carbocycles. The van der Waals surface area contributed by atoms with Crippen LogP contribution in [0.4, 0.5) is 5.69 Å². The van der Waals surface area contributed by atoms with Gasteiger partial charge in [-0.25, -0.2) is 0 Å². The summed E-state index contributed by atoms with van der Waals surface area (Å²) in [6.45, 7) is 0.906. The lowest BCUT2D eigenvalue weighted by atomic mass is 10.2. The highest BCUT2D eigenvalue weighted by Gasteiger charge is 2.19. The second-order valence-electron chi connectivity index (χ2n) is 4.97. The molecule has 0 amide bonds. The first-order valence-corrected chi connectivity index (χ1v) is 6.65. The van der Waals surface area contributed by atoms with E-state index in [-0.39, 0.29) is 0 Å². The standard InChI is InChI=1S/C16H18N2O/c17-13-4-8-15(9-5-13)19-16-3-1-2-12(10-16)11-18-14-6-7-14/h1-5,8-10,14,18H,6-7,11,17H2. The van der Waals surface area contributed by atoms with Crippen molar-refractivity contribution in [3.63, 3.8) is 0 Å². The Morgan fingerprint density at radius 1 is 1.05 bits per heavy atom. The molecule has 98 valence electrons. The van der Waals surface area contributed by atoms with Gasteiger partial charge in [0.05, 0.1) is 0 Å². The number of hydrogen-bond donors (Lipinski definition) is 2. The Hall–Kier alpha value is -2.00. The van der Waals surface area contributed by atoms with Gasteiger partial charge in [-0.1, -0.05) is 12.1 Å². The van der Waals surface area contributed by atoms with Crippen molar-refractivity contribution in [3.05, 3.63) is 54.1 Å². The van der Waals surface area contributed by atoms with Crippen molar-refractivity contribution in [1.29, 1.82) is 0 Å². The highest BCUT2D eigenvalue weighted by Crippen LogP contribution is 2.24. The monoisotopic (exact) mass is 254 g/mol. The third kappa shape index (κ3) is 3.48. The maximum Gasteiger partial charge on any atom is 0.127 e. The van der Waals surface area contributed by atoms with Crippen LogP contribution in [0.25, 0.3) is 0 Å². The molecule has 3 heteroatoms. The minimum absolute atomic E-state index is 0.724. The number of hydrogen-bond acceptors (Lipinski definition) is 3. The molecule has 0 aromatic heterocycles. The molecule has 3 N–H and O–H groups in total. The van der Waals surface area contributed by atoms with E-state index in [2.05, 4.69) is 17.4 Å². The van der Waals surface area contributed by atoms with E-state index in [0.717, 1.165) is 29.8 Å². The van der Waals surface area contributed by atoms with Crippen LogP contribution in [0.15, 0.2) is 48.5 Å². The van der Waals surface area contributed by atoms with E-state index < -0.39 is 0 Å². The van der Waals surface area contributed by atoms with Crippen LogP contribution in [0.3, 0.4) is 0 Å². The van der Waals surface area contributed by atoms with Crippen LogP contribution in [0.5, 0.6) is 11.5 Å². The third-order valence-electron chi connectivity index (χ3n) is 3.19. The number of anilines is 1. The molecule has 0 bridgehead atoms. The van der Waals surface area contributed by atoms with E-state index >= 15 is 0 Å². The zero-order chi connectivity index (χ0) is 13.1. The maximum atomic E-state index is 5.81. The number of benzene rings is 2. The Morgan fingerprint density at radius 3 is 2.58 bits per heavy atom. The van der Waals surface area contributed by atoms with Gasteiger partial charge in [-0.05, 0) is 54.8 Å². The Morgan fingerprint density at radius 2 is 1.84 bits per heavy atom. The topological polar surface area (TPSA) is 47.3 Å². The van der Waals surface area contributed by atoms with Gasteiger partial charge in [0.15, 0.2) is 0 Å². The second kappa shape index (κ2) is 5.33. The summed E-state index contributed by atoms with van der Waals surface area (Å²) >= 11 is 0. The number of rotatable bonds is 5. The Labute approximate surface area is 113 Å². The molecule has 2 aromatic rings. The molecule has 0 atom stereocenters. The average Bonchev–Trinajstić information content (AvgIpc) is 3.24. The summed E-state index contributed by atoms with van der Waals surface area (Å²) in [7, 11) is 0. The molecule has 3 nitrogen and oxygen atoms in total. The van der Waals surface area contributed by atoms with E-state index in [9.17, 15) is 0 Å². The molecule has 1 aliphatic carbocycles. The average molecular weight is 254 g/mol. The lowest BCUT2D eigenvalue weighted by molar-refractivity contribution is 0.481. The van der Waals surface area contributed by atoms with Gasteiger partial charge in [0.25, 0.3) is 0 Å². The quantitative estimate of drug-likeness (QED) is 0.805. The summed E-state index contributed by atoms with van der Waals surface area (Å²) in [6.07, 6.45) is 2.61. The fourth-order valence-electron chi connectivity index (χ4n) is 1.94. The minimum Gasteiger partial charge on any atom is -0.457 e. The summed E-state index contributed by atoms with van der Waals surface area (Å²) in [6, 6.07) is 16.3. The normalized spacial score (nSPS) is 14.3. The SMILES string of the molecule is Nc1ccc(Oc2cccc(CNC3CC3)c2)cc1. The smallest absolute Gasteiger partial charge is 0.127 e. The minimum atomic E-state index is 0.724. The highest BCUT2D eigenvalue weighted by atomic mass is 16.5.